The second-order valence-electron chi connectivity index (χ2n) is 5.22. The van der Waals surface area contributed by atoms with Crippen molar-refractivity contribution in [3.63, 3.8) is 0 Å². The number of nitro benzene ring substituents is 1. The highest BCUT2D eigenvalue weighted by atomic mass is 32.1. The molecular formula is C15H18N4O3S. The normalized spacial score (nSPS) is 14.6. The molecule has 7 nitrogen and oxygen atoms in total. The van der Waals surface area contributed by atoms with E-state index in [-0.39, 0.29) is 5.69 Å². The van der Waals surface area contributed by atoms with Gasteiger partial charge in [-0.05, 0) is 37.2 Å². The number of para-hydroxylation sites is 1. The van der Waals surface area contributed by atoms with Crippen molar-refractivity contribution in [3.8, 4) is 0 Å². The zero-order valence-electron chi connectivity index (χ0n) is 12.5. The monoisotopic (exact) mass is 334 g/mol. The summed E-state index contributed by atoms with van der Waals surface area (Å²) in [5.74, 6) is -0.446. The molecule has 0 heterocycles. The quantitative estimate of drug-likeness (QED) is 0.337. The van der Waals surface area contributed by atoms with E-state index in [9.17, 15) is 14.9 Å². The van der Waals surface area contributed by atoms with Crippen LogP contribution in [0.25, 0.3) is 6.08 Å². The third-order valence-corrected chi connectivity index (χ3v) is 3.76. The van der Waals surface area contributed by atoms with Crippen LogP contribution in [0, 0.1) is 10.1 Å². The van der Waals surface area contributed by atoms with Crippen molar-refractivity contribution in [1.82, 2.24) is 16.2 Å². The maximum absolute atomic E-state index is 11.7. The van der Waals surface area contributed by atoms with Crippen LogP contribution in [0.3, 0.4) is 0 Å². The molecule has 0 saturated heterocycles. The van der Waals surface area contributed by atoms with E-state index in [1.807, 2.05) is 0 Å². The molecule has 0 aliphatic heterocycles. The summed E-state index contributed by atoms with van der Waals surface area (Å²) in [5, 5.41) is 14.4. The van der Waals surface area contributed by atoms with Crippen LogP contribution in [0.5, 0.6) is 0 Å². The summed E-state index contributed by atoms with van der Waals surface area (Å²) in [4.78, 5) is 22.1. The van der Waals surface area contributed by atoms with Crippen molar-refractivity contribution in [3.05, 3.63) is 46.0 Å². The van der Waals surface area contributed by atoms with E-state index in [4.69, 9.17) is 12.2 Å². The predicted molar refractivity (Wildman–Crippen MR) is 91.4 cm³/mol. The van der Waals surface area contributed by atoms with Crippen molar-refractivity contribution in [1.29, 1.82) is 0 Å². The number of carbonyl (C=O) groups is 1. The minimum absolute atomic E-state index is 0.0528. The topological polar surface area (TPSA) is 96.3 Å². The summed E-state index contributed by atoms with van der Waals surface area (Å²) >= 11 is 5.09. The van der Waals surface area contributed by atoms with Gasteiger partial charge >= 0.3 is 0 Å². The number of nitrogens with one attached hydrogen (secondary N) is 3. The summed E-state index contributed by atoms with van der Waals surface area (Å²) in [6.07, 6.45) is 7.13. The van der Waals surface area contributed by atoms with Gasteiger partial charge in [0.2, 0.25) is 0 Å². The molecule has 1 amide bonds. The standard InChI is InChI=1S/C15H18N4O3S/c20-14(17-18-15(23)16-12-6-2-3-7-12)10-9-11-5-1-4-8-13(11)19(21)22/h1,4-5,8-10,12H,2-3,6-7H2,(H,17,20)(H2,16,18,23)/b10-9+. The first-order valence-electron chi connectivity index (χ1n) is 7.34. The van der Waals surface area contributed by atoms with E-state index in [0.29, 0.717) is 16.7 Å². The Morgan fingerprint density at radius 2 is 1.96 bits per heavy atom. The van der Waals surface area contributed by atoms with Gasteiger partial charge in [-0.15, -0.1) is 0 Å². The number of hydrogen-bond donors (Lipinski definition) is 3. The molecule has 23 heavy (non-hydrogen) atoms. The number of thiocarbonyl (C=S) groups is 1. The van der Waals surface area contributed by atoms with E-state index in [1.165, 1.54) is 31.1 Å². The summed E-state index contributed by atoms with van der Waals surface area (Å²) in [6.45, 7) is 0. The maximum Gasteiger partial charge on any atom is 0.276 e. The Kier molecular flexibility index (Phi) is 6.04. The average molecular weight is 334 g/mol. The van der Waals surface area contributed by atoms with E-state index in [0.717, 1.165) is 12.8 Å². The Bertz CT molecular complexity index is 627. The molecule has 1 fully saturated rings. The van der Waals surface area contributed by atoms with Crippen LogP contribution in [0.4, 0.5) is 5.69 Å². The van der Waals surface area contributed by atoms with Crippen molar-refractivity contribution < 1.29 is 9.72 Å². The van der Waals surface area contributed by atoms with Gasteiger partial charge in [-0.25, -0.2) is 0 Å². The molecule has 0 atom stereocenters. The molecule has 1 saturated carbocycles. The SMILES string of the molecule is O=C(/C=C/c1ccccc1[N+](=O)[O-])NNC(=S)NC1CCCC1. The van der Waals surface area contributed by atoms with E-state index in [2.05, 4.69) is 16.2 Å². The van der Waals surface area contributed by atoms with Gasteiger partial charge in [0.1, 0.15) is 0 Å². The van der Waals surface area contributed by atoms with Gasteiger partial charge in [0.15, 0.2) is 5.11 Å². The molecule has 1 aliphatic carbocycles. The first-order valence-corrected chi connectivity index (χ1v) is 7.75. The molecule has 0 spiro atoms. The Labute approximate surface area is 139 Å². The highest BCUT2D eigenvalue weighted by Crippen LogP contribution is 2.19. The minimum Gasteiger partial charge on any atom is -0.359 e. The van der Waals surface area contributed by atoms with Crippen LogP contribution in [-0.4, -0.2) is 22.0 Å². The Morgan fingerprint density at radius 1 is 1.26 bits per heavy atom. The second-order valence-corrected chi connectivity index (χ2v) is 5.63. The first kappa shape index (κ1) is 16.9. The number of nitro groups is 1. The van der Waals surface area contributed by atoms with Gasteiger partial charge in [-0.2, -0.15) is 0 Å². The fourth-order valence-electron chi connectivity index (χ4n) is 2.41. The third kappa shape index (κ3) is 5.33. The zero-order valence-corrected chi connectivity index (χ0v) is 13.3. The molecule has 0 radical (unpaired) electrons. The first-order chi connectivity index (χ1) is 11.1. The molecule has 1 aliphatic rings. The summed E-state index contributed by atoms with van der Waals surface area (Å²) < 4.78 is 0. The summed E-state index contributed by atoms with van der Waals surface area (Å²) in [5.41, 5.74) is 5.35. The van der Waals surface area contributed by atoms with Crippen LogP contribution < -0.4 is 16.2 Å². The number of nitrogens with zero attached hydrogens (tertiary/aromatic N) is 1. The summed E-state index contributed by atoms with van der Waals surface area (Å²) in [7, 11) is 0. The van der Waals surface area contributed by atoms with Crippen LogP contribution in [0.2, 0.25) is 0 Å². The fourth-order valence-corrected chi connectivity index (χ4v) is 2.63. The fraction of sp³-hybridized carbons (Fsp3) is 0.333. The van der Waals surface area contributed by atoms with Crippen LogP contribution in [-0.2, 0) is 4.79 Å². The van der Waals surface area contributed by atoms with E-state index >= 15 is 0 Å². The smallest absolute Gasteiger partial charge is 0.276 e. The van der Waals surface area contributed by atoms with Crippen LogP contribution in [0.15, 0.2) is 30.3 Å². The molecular weight excluding hydrogens is 316 g/mol. The number of amides is 1. The highest BCUT2D eigenvalue weighted by Gasteiger charge is 2.15. The van der Waals surface area contributed by atoms with Gasteiger partial charge in [0, 0.05) is 18.2 Å². The van der Waals surface area contributed by atoms with Gasteiger partial charge < -0.3 is 5.32 Å². The lowest BCUT2D eigenvalue weighted by Crippen LogP contribution is -2.48. The molecule has 0 unspecified atom stereocenters. The largest absolute Gasteiger partial charge is 0.359 e. The number of hydrazine groups is 1. The Hall–Kier alpha value is -2.48. The molecule has 0 aromatic heterocycles. The molecule has 122 valence electrons. The van der Waals surface area contributed by atoms with Crippen molar-refractivity contribution in [2.24, 2.45) is 0 Å². The lowest BCUT2D eigenvalue weighted by molar-refractivity contribution is -0.385. The number of benzene rings is 1. The molecule has 3 N–H and O–H groups in total. The lowest BCUT2D eigenvalue weighted by Gasteiger charge is -2.15. The van der Waals surface area contributed by atoms with Gasteiger partial charge in [0.25, 0.3) is 11.6 Å². The predicted octanol–water partition coefficient (Wildman–Crippen LogP) is 2.05. The number of rotatable bonds is 4. The van der Waals surface area contributed by atoms with Gasteiger partial charge in [-0.1, -0.05) is 25.0 Å². The third-order valence-electron chi connectivity index (χ3n) is 3.54. The van der Waals surface area contributed by atoms with Crippen molar-refractivity contribution in [2.45, 2.75) is 31.7 Å². The minimum atomic E-state index is -0.490. The van der Waals surface area contributed by atoms with E-state index in [1.54, 1.807) is 18.2 Å². The number of hydrogen-bond acceptors (Lipinski definition) is 4. The van der Waals surface area contributed by atoms with Gasteiger partial charge in [-0.3, -0.25) is 25.8 Å². The number of carbonyl (C=O) groups excluding carboxylic acids is 1. The molecule has 8 heteroatoms. The van der Waals surface area contributed by atoms with Crippen molar-refractivity contribution in [2.75, 3.05) is 0 Å². The highest BCUT2D eigenvalue weighted by molar-refractivity contribution is 7.80. The lowest BCUT2D eigenvalue weighted by atomic mass is 10.1. The molecule has 2 rings (SSSR count). The Balaban J connectivity index is 1.82. The second kappa shape index (κ2) is 8.23. The van der Waals surface area contributed by atoms with Gasteiger partial charge in [0.05, 0.1) is 10.5 Å². The van der Waals surface area contributed by atoms with E-state index < -0.39 is 10.8 Å². The van der Waals surface area contributed by atoms with Crippen LogP contribution >= 0.6 is 12.2 Å². The van der Waals surface area contributed by atoms with Crippen molar-refractivity contribution >= 4 is 35.0 Å². The summed E-state index contributed by atoms with van der Waals surface area (Å²) in [6, 6.07) is 6.56. The molecule has 0 bridgehead atoms. The molecule has 1 aromatic rings. The Morgan fingerprint density at radius 3 is 2.65 bits per heavy atom. The zero-order chi connectivity index (χ0) is 16.7. The average Bonchev–Trinajstić information content (AvgIpc) is 3.04. The maximum atomic E-state index is 11.7. The molecule has 1 aromatic carbocycles. The van der Waals surface area contributed by atoms with Crippen LogP contribution in [0.1, 0.15) is 31.2 Å².